The summed E-state index contributed by atoms with van der Waals surface area (Å²) in [5.74, 6) is -0.236. The SMILES string of the molecule is COCCn1c(CN(C(=O)CC(C)(C)C)C(C)C)cnc1S(=O)(=O)Cc1ccccc1Cl. The molecule has 0 fully saturated rings. The van der Waals surface area contributed by atoms with Gasteiger partial charge in [0.2, 0.25) is 20.9 Å². The van der Waals surface area contributed by atoms with Crippen molar-refractivity contribution in [3.05, 3.63) is 46.7 Å². The summed E-state index contributed by atoms with van der Waals surface area (Å²) < 4.78 is 33.3. The monoisotopic (exact) mass is 483 g/mol. The number of carbonyl (C=O) groups excluding carboxylic acids is 1. The molecule has 0 saturated heterocycles. The minimum Gasteiger partial charge on any atom is -0.383 e. The molecular weight excluding hydrogens is 450 g/mol. The highest BCUT2D eigenvalue weighted by Gasteiger charge is 2.28. The number of benzene rings is 1. The molecule has 1 heterocycles. The molecule has 178 valence electrons. The second kappa shape index (κ2) is 10.8. The van der Waals surface area contributed by atoms with Crippen molar-refractivity contribution in [2.75, 3.05) is 13.7 Å². The summed E-state index contributed by atoms with van der Waals surface area (Å²) in [5, 5.41) is 0.349. The van der Waals surface area contributed by atoms with E-state index in [-0.39, 0.29) is 34.8 Å². The highest BCUT2D eigenvalue weighted by molar-refractivity contribution is 7.90. The Kier molecular flexibility index (Phi) is 8.90. The van der Waals surface area contributed by atoms with Crippen molar-refractivity contribution in [2.45, 2.75) is 71.1 Å². The molecule has 0 N–H and O–H groups in total. The van der Waals surface area contributed by atoms with Crippen LogP contribution in [0, 0.1) is 5.41 Å². The van der Waals surface area contributed by atoms with Gasteiger partial charge in [-0.25, -0.2) is 13.4 Å². The van der Waals surface area contributed by atoms with E-state index in [9.17, 15) is 13.2 Å². The lowest BCUT2D eigenvalue weighted by molar-refractivity contribution is -0.135. The van der Waals surface area contributed by atoms with Crippen LogP contribution in [0.15, 0.2) is 35.6 Å². The average Bonchev–Trinajstić information content (AvgIpc) is 3.08. The maximum Gasteiger partial charge on any atom is 0.228 e. The van der Waals surface area contributed by atoms with Gasteiger partial charge in [-0.3, -0.25) is 4.79 Å². The van der Waals surface area contributed by atoms with Gasteiger partial charge in [0, 0.05) is 31.1 Å². The fourth-order valence-corrected chi connectivity index (χ4v) is 5.19. The van der Waals surface area contributed by atoms with Crippen LogP contribution < -0.4 is 0 Å². The van der Waals surface area contributed by atoms with E-state index in [1.54, 1.807) is 40.8 Å². The number of methoxy groups -OCH3 is 1. The summed E-state index contributed by atoms with van der Waals surface area (Å²) in [4.78, 5) is 19.0. The number of halogens is 1. The quantitative estimate of drug-likeness (QED) is 0.502. The lowest BCUT2D eigenvalue weighted by atomic mass is 9.91. The van der Waals surface area contributed by atoms with Crippen LogP contribution in [0.25, 0.3) is 0 Å². The molecule has 0 atom stereocenters. The van der Waals surface area contributed by atoms with Gasteiger partial charge in [0.05, 0.1) is 30.8 Å². The van der Waals surface area contributed by atoms with E-state index in [0.29, 0.717) is 35.9 Å². The maximum atomic E-state index is 13.2. The van der Waals surface area contributed by atoms with E-state index in [0.717, 1.165) is 0 Å². The molecule has 9 heteroatoms. The zero-order valence-corrected chi connectivity index (χ0v) is 21.3. The van der Waals surface area contributed by atoms with Gasteiger partial charge in [-0.05, 0) is 30.9 Å². The van der Waals surface area contributed by atoms with Crippen LogP contribution in [0.5, 0.6) is 0 Å². The molecule has 32 heavy (non-hydrogen) atoms. The van der Waals surface area contributed by atoms with Crippen molar-refractivity contribution < 1.29 is 17.9 Å². The van der Waals surface area contributed by atoms with Crippen molar-refractivity contribution in [1.82, 2.24) is 14.5 Å². The predicted molar refractivity (Wildman–Crippen MR) is 126 cm³/mol. The van der Waals surface area contributed by atoms with Crippen molar-refractivity contribution in [2.24, 2.45) is 5.41 Å². The van der Waals surface area contributed by atoms with E-state index in [1.165, 1.54) is 6.20 Å². The Hall–Kier alpha value is -1.90. The van der Waals surface area contributed by atoms with Crippen LogP contribution in [0.1, 0.15) is 52.3 Å². The third-order valence-corrected chi connectivity index (χ3v) is 6.90. The number of rotatable bonds is 10. The van der Waals surface area contributed by atoms with E-state index in [4.69, 9.17) is 16.3 Å². The van der Waals surface area contributed by atoms with Gasteiger partial charge < -0.3 is 14.2 Å². The molecule has 0 saturated carbocycles. The Morgan fingerprint density at radius 3 is 2.47 bits per heavy atom. The highest BCUT2D eigenvalue weighted by atomic mass is 35.5. The summed E-state index contributed by atoms with van der Waals surface area (Å²) in [6, 6.07) is 6.82. The number of nitrogens with zero attached hydrogens (tertiary/aromatic N) is 3. The maximum absolute atomic E-state index is 13.2. The number of sulfone groups is 1. The van der Waals surface area contributed by atoms with Gasteiger partial charge in [0.1, 0.15) is 0 Å². The fourth-order valence-electron chi connectivity index (χ4n) is 3.36. The molecule has 0 spiro atoms. The minimum absolute atomic E-state index is 0.0208. The molecular formula is C23H34ClN3O4S. The van der Waals surface area contributed by atoms with Crippen LogP contribution in [-0.4, -0.2) is 48.5 Å². The fraction of sp³-hybridized carbons (Fsp3) is 0.565. The summed E-state index contributed by atoms with van der Waals surface area (Å²) in [7, 11) is -2.22. The van der Waals surface area contributed by atoms with E-state index >= 15 is 0 Å². The molecule has 2 aromatic rings. The van der Waals surface area contributed by atoms with Crippen molar-refractivity contribution in [1.29, 1.82) is 0 Å². The number of amides is 1. The molecule has 0 radical (unpaired) electrons. The summed E-state index contributed by atoms with van der Waals surface area (Å²) >= 11 is 6.18. The van der Waals surface area contributed by atoms with E-state index < -0.39 is 9.84 Å². The Morgan fingerprint density at radius 2 is 1.91 bits per heavy atom. The van der Waals surface area contributed by atoms with Gasteiger partial charge in [-0.15, -0.1) is 0 Å². The van der Waals surface area contributed by atoms with Crippen LogP contribution in [0.3, 0.4) is 0 Å². The molecule has 0 bridgehead atoms. The third-order valence-electron chi connectivity index (χ3n) is 4.96. The largest absolute Gasteiger partial charge is 0.383 e. The molecule has 1 aromatic heterocycles. The Balaban J connectivity index is 2.40. The first-order chi connectivity index (χ1) is 14.9. The highest BCUT2D eigenvalue weighted by Crippen LogP contribution is 2.25. The predicted octanol–water partition coefficient (Wildman–Crippen LogP) is 4.33. The Morgan fingerprint density at radius 1 is 1.25 bits per heavy atom. The first-order valence-electron chi connectivity index (χ1n) is 10.6. The molecule has 2 rings (SSSR count). The molecule has 0 unspecified atom stereocenters. The zero-order valence-electron chi connectivity index (χ0n) is 19.8. The second-order valence-electron chi connectivity index (χ2n) is 9.38. The average molecular weight is 484 g/mol. The molecule has 0 aliphatic heterocycles. The van der Waals surface area contributed by atoms with Crippen LogP contribution >= 0.6 is 11.6 Å². The van der Waals surface area contributed by atoms with Crippen molar-refractivity contribution >= 4 is 27.3 Å². The number of hydrogen-bond donors (Lipinski definition) is 0. The topological polar surface area (TPSA) is 81.5 Å². The van der Waals surface area contributed by atoms with Gasteiger partial charge >= 0.3 is 0 Å². The van der Waals surface area contributed by atoms with Crippen LogP contribution in [0.4, 0.5) is 0 Å². The standard InChI is InChI=1S/C23H34ClN3O4S/c1-17(2)27(21(28)13-23(3,4)5)15-19-14-25-22(26(19)11-12-31-6)32(29,30)16-18-9-7-8-10-20(18)24/h7-10,14,17H,11-13,15-16H2,1-6H3. The second-order valence-corrected chi connectivity index (χ2v) is 11.7. The smallest absolute Gasteiger partial charge is 0.228 e. The van der Waals surface area contributed by atoms with Crippen molar-refractivity contribution in [3.8, 4) is 0 Å². The molecule has 1 amide bonds. The first-order valence-corrected chi connectivity index (χ1v) is 12.7. The number of hydrogen-bond acceptors (Lipinski definition) is 5. The van der Waals surface area contributed by atoms with Gasteiger partial charge in [0.15, 0.2) is 0 Å². The molecule has 0 aliphatic carbocycles. The first kappa shape index (κ1) is 26.4. The lowest BCUT2D eigenvalue weighted by Gasteiger charge is -2.30. The van der Waals surface area contributed by atoms with Gasteiger partial charge in [0.25, 0.3) is 0 Å². The normalized spacial score (nSPS) is 12.4. The molecule has 7 nitrogen and oxygen atoms in total. The van der Waals surface area contributed by atoms with Crippen molar-refractivity contribution in [3.63, 3.8) is 0 Å². The third kappa shape index (κ3) is 7.05. The number of aromatic nitrogens is 2. The molecule has 0 aliphatic rings. The van der Waals surface area contributed by atoms with E-state index in [1.807, 2.05) is 34.6 Å². The van der Waals surface area contributed by atoms with Crippen LogP contribution in [-0.2, 0) is 38.2 Å². The minimum atomic E-state index is -3.77. The Bertz CT molecular complexity index is 1030. The summed E-state index contributed by atoms with van der Waals surface area (Å²) in [5.41, 5.74) is 1.01. The molecule has 1 aromatic carbocycles. The number of carbonyl (C=O) groups is 1. The Labute approximate surface area is 196 Å². The lowest BCUT2D eigenvalue weighted by Crippen LogP contribution is -2.39. The van der Waals surface area contributed by atoms with Gasteiger partial charge in [-0.2, -0.15) is 0 Å². The zero-order chi connectivity index (χ0) is 24.1. The van der Waals surface area contributed by atoms with Crippen LogP contribution in [0.2, 0.25) is 5.02 Å². The van der Waals surface area contributed by atoms with Gasteiger partial charge in [-0.1, -0.05) is 50.6 Å². The number of imidazole rings is 1. The number of ether oxygens (including phenoxy) is 1. The summed E-state index contributed by atoms with van der Waals surface area (Å²) in [6.45, 7) is 10.8. The summed E-state index contributed by atoms with van der Waals surface area (Å²) in [6.07, 6.45) is 1.93. The van der Waals surface area contributed by atoms with E-state index in [2.05, 4.69) is 4.98 Å².